The second-order valence-corrected chi connectivity index (χ2v) is 41.5. The summed E-state index contributed by atoms with van der Waals surface area (Å²) in [5.41, 5.74) is -2.08. The average Bonchev–Trinajstić information content (AvgIpc) is 1.57. The number of nitrogens with one attached hydrogen (secondary N) is 3. The van der Waals surface area contributed by atoms with E-state index in [0.29, 0.717) is 74.4 Å². The van der Waals surface area contributed by atoms with Crippen LogP contribution in [0.25, 0.3) is 0 Å². The molecule has 2 aromatic carbocycles. The smallest absolute Gasteiger partial charge is 0.409 e. The molecule has 0 saturated carbocycles. The Bertz CT molecular complexity index is 4490. The Morgan fingerprint density at radius 2 is 1.01 bits per heavy atom. The van der Waals surface area contributed by atoms with Gasteiger partial charge >= 0.3 is 36.1 Å². The Labute approximate surface area is 787 Å². The lowest BCUT2D eigenvalue weighted by atomic mass is 9.83. The summed E-state index contributed by atoms with van der Waals surface area (Å²) in [6.45, 7) is 21.5. The Kier molecular flexibility index (Phi) is 41.5. The maximum atomic E-state index is 14.3. The number of carbonyl (C=O) groups is 12. The van der Waals surface area contributed by atoms with Crippen LogP contribution < -0.4 is 35.2 Å². The van der Waals surface area contributed by atoms with E-state index in [1.807, 2.05) is 39.8 Å². The minimum Gasteiger partial charge on any atom is -0.495 e. The van der Waals surface area contributed by atoms with Gasteiger partial charge in [0, 0.05) is 127 Å². The predicted molar refractivity (Wildman–Crippen MR) is 499 cm³/mol. The maximum absolute atomic E-state index is 14.3. The van der Waals surface area contributed by atoms with Gasteiger partial charge in [-0.25, -0.2) is 19.2 Å². The van der Waals surface area contributed by atoms with E-state index in [0.717, 1.165) is 40.2 Å². The number of methoxy groups -OCH3 is 4. The van der Waals surface area contributed by atoms with Gasteiger partial charge in [0.2, 0.25) is 29.5 Å². The highest BCUT2D eigenvalue weighted by atomic mass is 35.5. The molecule has 33 nitrogen and oxygen atoms in total. The number of rotatable bonds is 35. The number of hydrogen-bond donors (Lipinski definition) is 7. The number of aliphatic hydroxyl groups is 2. The molecule has 4 unspecified atom stereocenters. The molecular weight excluding hydrogens is 1810 g/mol. The standard InChI is InChI=1S/C46H66ClN3O13S2.C45H65ClN4O13S2/c1-26-14-13-16-36(60-10)46(58)25-35(61-44(57)48-46)29(4)41-45(6,63-41)37(24-39(53)50(8)33-22-31(20-26)23-34(59-9)40(33)47)62-43(56)30(5)49(7)38(52)18-17-28(3)65-64-19-12-11-15-32(51)21-27(2)42(54)55;1-25-13-11-14-34(60-10)45(58)24-33(61-43(57)48-45)28(4)40-44(6,63-40)35(23-37(52)50(8)31-21-30(19-25)22-32(59-9)39(31)46)62-42(56)29(5)49(7)36(51)16-15-27(3)65-64-18-12-17-47-41(55)26(2)20-38(53)54/h13-14,16,22-23,27-30,35-37,41,58H,11-12,15,17-21,24-25H2,1-10H3,(H,48,57)(H,54,55);11,13-14,21-22,26-29,33-35,40,58H,12,15-20,23-24H2,1-10H3,(H,47,55)(H,48,57)(H,53,54)/b16-13+,26-14+;14-11+,25-13+/t27?,28?,29-,30+,35+,36-,37+,41-,45+,46+;26?,27?,28-,29+,33+,34-,35+,40-,44+,45+/m11/s1. The molecule has 7 amide bonds. The summed E-state index contributed by atoms with van der Waals surface area (Å²) >= 11 is 13.6. The fraction of sp³-hybridized carbons (Fsp3) is 0.648. The lowest BCUT2D eigenvalue weighted by Crippen LogP contribution is -2.63. The van der Waals surface area contributed by atoms with E-state index in [1.165, 1.54) is 69.1 Å². The number of hydrogen-bond acceptors (Lipinski definition) is 28. The molecule has 0 aliphatic carbocycles. The number of Topliss-reactive ketones (excluding diaryl/α,β-unsaturated/α-hetero) is 1. The Hall–Kier alpha value is -7.82. The molecule has 4 saturated heterocycles. The first-order valence-corrected chi connectivity index (χ1v) is 49.1. The van der Waals surface area contributed by atoms with Crippen molar-refractivity contribution in [1.82, 2.24) is 25.8 Å². The number of epoxide rings is 2. The number of carboxylic acids is 2. The normalized spacial score (nSPS) is 28.5. The van der Waals surface area contributed by atoms with Gasteiger partial charge in [0.1, 0.15) is 87.2 Å². The van der Waals surface area contributed by atoms with Gasteiger partial charge in [-0.1, -0.05) is 156 Å². The summed E-state index contributed by atoms with van der Waals surface area (Å²) in [6, 6.07) is 5.06. The Morgan fingerprint density at radius 3 is 1.39 bits per heavy atom. The van der Waals surface area contributed by atoms with Gasteiger partial charge in [-0.15, -0.1) is 0 Å². The third-order valence-electron chi connectivity index (χ3n) is 24.6. The van der Waals surface area contributed by atoms with Gasteiger partial charge in [-0.2, -0.15) is 0 Å². The highest BCUT2D eigenvalue weighted by Crippen LogP contribution is 2.52. The summed E-state index contributed by atoms with van der Waals surface area (Å²) in [4.78, 5) is 161. The maximum Gasteiger partial charge on any atom is 0.409 e. The van der Waals surface area contributed by atoms with Crippen molar-refractivity contribution in [3.05, 3.63) is 93.0 Å². The quantitative estimate of drug-likeness (QED) is 0.0111. The van der Waals surface area contributed by atoms with Crippen molar-refractivity contribution in [3.8, 4) is 11.5 Å². The molecule has 2 aromatic rings. The lowest BCUT2D eigenvalue weighted by molar-refractivity contribution is -0.162. The van der Waals surface area contributed by atoms with Crippen LogP contribution in [0.15, 0.2) is 71.9 Å². The van der Waals surface area contributed by atoms with Gasteiger partial charge < -0.3 is 92.7 Å². The number of unbranched alkanes of at least 4 members (excludes halogenated alkanes) is 1. The number of ketones is 1. The predicted octanol–water partition coefficient (Wildman–Crippen LogP) is 12.6. The molecule has 0 radical (unpaired) electrons. The third-order valence-corrected chi connectivity index (χ3v) is 31.4. The molecule has 6 heterocycles. The first-order chi connectivity index (χ1) is 61.1. The van der Waals surface area contributed by atoms with Crippen LogP contribution in [0.4, 0.5) is 21.0 Å². The summed E-state index contributed by atoms with van der Waals surface area (Å²) in [5.74, 6) is -5.47. The van der Waals surface area contributed by atoms with Crippen molar-refractivity contribution in [2.75, 3.05) is 84.5 Å². The number of halogens is 2. The first-order valence-electron chi connectivity index (χ1n) is 43.6. The van der Waals surface area contributed by atoms with E-state index in [2.05, 4.69) is 16.0 Å². The van der Waals surface area contributed by atoms with Gasteiger partial charge in [0.25, 0.3) is 0 Å². The lowest BCUT2D eigenvalue weighted by Gasteiger charge is -2.42. The monoisotopic (exact) mass is 1940 g/mol. The molecule has 4 fully saturated rings. The SMILES string of the molecule is COc1cc2cc(c1Cl)N(C)C(=O)C[C@H](OC(=O)[C@H](C)N(C)C(=O)CCC(C)SSCCCCC(=O)CC(C)C(=O)O)[C@]1(C)O[C@@H]1[C@H](C)[C@@H]1C[C@@](O)(NC(=O)O1)[C@H](OC)/C=C/C=C(\C)C2.COc1cc2cc(c1Cl)N(C)C(=O)C[C@H](OC(=O)[C@H](C)N(C)C(=O)CCC(C)SSCCCNC(=O)C(C)CC(=O)O)[C@]1(C)O[C@@H]1[C@H](C)[C@@H]1C[C@@](O)(NC(=O)O1)[C@H](OC)/C=C/C=C(\C)C2. The molecule has 6 aliphatic rings. The van der Waals surface area contributed by atoms with Crippen molar-refractivity contribution >= 4 is 149 Å². The minimum absolute atomic E-state index is 0.0397. The van der Waals surface area contributed by atoms with Gasteiger partial charge in [0.05, 0.1) is 63.0 Å². The number of esters is 2. The second-order valence-electron chi connectivity index (χ2n) is 34.9. The van der Waals surface area contributed by atoms with Crippen LogP contribution in [0.2, 0.25) is 10.0 Å². The van der Waals surface area contributed by atoms with E-state index in [9.17, 15) is 67.7 Å². The van der Waals surface area contributed by atoms with Crippen LogP contribution in [-0.4, -0.2) is 270 Å². The molecule has 0 aromatic heterocycles. The number of amides is 7. The molecule has 7 N–H and O–H groups in total. The van der Waals surface area contributed by atoms with E-state index < -0.39 is 155 Å². The summed E-state index contributed by atoms with van der Waals surface area (Å²) in [6.07, 6.45) is 5.14. The molecule has 6 aliphatic heterocycles. The number of likely N-dealkylation sites (N-methyl/N-ethyl adjacent to an activating group) is 2. The number of fused-ring (bicyclic) bond motifs is 10. The van der Waals surface area contributed by atoms with Crippen molar-refractivity contribution in [2.24, 2.45) is 23.7 Å². The molecule has 8 rings (SSSR count). The number of allylic oxidation sites excluding steroid dienone is 6. The highest BCUT2D eigenvalue weighted by Gasteiger charge is 2.66. The van der Waals surface area contributed by atoms with Gasteiger partial charge in [0.15, 0.2) is 11.4 Å². The fourth-order valence-corrected chi connectivity index (χ4v) is 21.3. The fourth-order valence-electron chi connectivity index (χ4n) is 15.8. The molecule has 724 valence electrons. The molecule has 20 atom stereocenters. The number of ether oxygens (including phenoxy) is 10. The van der Waals surface area contributed by atoms with Crippen molar-refractivity contribution in [2.45, 2.75) is 280 Å². The van der Waals surface area contributed by atoms with Crippen LogP contribution >= 0.6 is 66.4 Å². The van der Waals surface area contributed by atoms with Gasteiger partial charge in [-0.3, -0.25) is 49.0 Å². The number of anilines is 2. The zero-order valence-corrected chi connectivity index (χ0v) is 82.7. The first kappa shape index (κ1) is 109. The number of carbonyl (C=O) groups excluding carboxylic acids is 10. The minimum atomic E-state index is -1.85. The zero-order chi connectivity index (χ0) is 96.8. The Balaban J connectivity index is 0.000000356. The largest absolute Gasteiger partial charge is 0.495 e. The molecule has 130 heavy (non-hydrogen) atoms. The second kappa shape index (κ2) is 49.4. The molecule has 39 heteroatoms. The van der Waals surface area contributed by atoms with E-state index in [1.54, 1.807) is 154 Å². The highest BCUT2D eigenvalue weighted by molar-refractivity contribution is 8.77. The van der Waals surface area contributed by atoms with Crippen LogP contribution in [0, 0.1) is 23.7 Å². The number of alkyl carbamates (subject to hydrolysis) is 2. The molecule has 8 bridgehead atoms. The number of aliphatic carboxylic acids is 2. The van der Waals surface area contributed by atoms with Crippen molar-refractivity contribution in [3.63, 3.8) is 0 Å². The molecule has 0 spiro atoms. The molecular formula is C91H131Cl2N7O26S4. The number of nitrogens with zero attached hydrogens (tertiary/aromatic N) is 4. The van der Waals surface area contributed by atoms with Crippen molar-refractivity contribution < 1.29 is 125 Å². The average molecular weight is 1940 g/mol. The zero-order valence-electron chi connectivity index (χ0n) is 77.9. The third kappa shape index (κ3) is 30.1. The van der Waals surface area contributed by atoms with Crippen LogP contribution in [0.1, 0.15) is 184 Å². The van der Waals surface area contributed by atoms with E-state index in [4.69, 9.17) is 80.8 Å². The summed E-state index contributed by atoms with van der Waals surface area (Å²) < 4.78 is 58.8. The number of benzene rings is 2. The topological polar surface area (TPSA) is 434 Å². The van der Waals surface area contributed by atoms with Crippen LogP contribution in [0.5, 0.6) is 11.5 Å². The Morgan fingerprint density at radius 1 is 0.600 bits per heavy atom. The number of carboxylic acid groups (broad SMARTS) is 2. The van der Waals surface area contributed by atoms with E-state index in [-0.39, 0.29) is 95.4 Å². The summed E-state index contributed by atoms with van der Waals surface area (Å²) in [7, 11) is 18.5. The van der Waals surface area contributed by atoms with Crippen LogP contribution in [-0.2, 0) is 98.7 Å². The van der Waals surface area contributed by atoms with Gasteiger partial charge in [-0.05, 0) is 122 Å². The summed E-state index contributed by atoms with van der Waals surface area (Å²) in [5, 5.41) is 49.9. The van der Waals surface area contributed by atoms with E-state index >= 15 is 0 Å². The van der Waals surface area contributed by atoms with Crippen LogP contribution in [0.3, 0.4) is 0 Å². The van der Waals surface area contributed by atoms with Crippen molar-refractivity contribution in [1.29, 1.82) is 0 Å².